The van der Waals surface area contributed by atoms with Crippen molar-refractivity contribution in [2.24, 2.45) is 0 Å². The predicted molar refractivity (Wildman–Crippen MR) is 153 cm³/mol. The molecule has 1 aliphatic rings. The molecule has 0 radical (unpaired) electrons. The minimum atomic E-state index is -0.685. The molecule has 40 heavy (non-hydrogen) atoms. The molecule has 1 saturated heterocycles. The molecule has 10 heteroatoms. The number of nitrogens with zero attached hydrogens (tertiary/aromatic N) is 2. The smallest absolute Gasteiger partial charge is 0.329 e. The number of hydrogen-bond acceptors (Lipinski definition) is 6. The lowest BCUT2D eigenvalue weighted by Gasteiger charge is -2.15. The first-order valence-electron chi connectivity index (χ1n) is 12.6. The van der Waals surface area contributed by atoms with E-state index in [0.29, 0.717) is 39.4 Å². The molecule has 4 amide bonds. The van der Waals surface area contributed by atoms with Crippen LogP contribution < -0.4 is 20.1 Å². The monoisotopic (exact) mass is 602 g/mol. The molecule has 1 fully saturated rings. The third kappa shape index (κ3) is 6.50. The summed E-state index contributed by atoms with van der Waals surface area (Å²) in [6.45, 7) is 3.89. The Kier molecular flexibility index (Phi) is 9.19. The van der Waals surface area contributed by atoms with Crippen molar-refractivity contribution in [3.63, 3.8) is 0 Å². The lowest BCUT2D eigenvalue weighted by molar-refractivity contribution is -0.127. The predicted octanol–water partition coefficient (Wildman–Crippen LogP) is 5.39. The van der Waals surface area contributed by atoms with Crippen LogP contribution in [0.1, 0.15) is 36.1 Å². The van der Waals surface area contributed by atoms with Crippen LogP contribution in [0.2, 0.25) is 0 Å². The number of urea groups is 1. The number of carbonyl (C=O) groups is 3. The van der Waals surface area contributed by atoms with Crippen LogP contribution in [0.15, 0.2) is 70.8 Å². The van der Waals surface area contributed by atoms with Gasteiger partial charge in [0.05, 0.1) is 22.7 Å². The molecule has 0 bridgehead atoms. The summed E-state index contributed by atoms with van der Waals surface area (Å²) in [5, 5.41) is 14.7. The van der Waals surface area contributed by atoms with Crippen LogP contribution in [-0.4, -0.2) is 35.9 Å². The summed E-state index contributed by atoms with van der Waals surface area (Å²) < 4.78 is 12.3. The summed E-state index contributed by atoms with van der Waals surface area (Å²) in [4.78, 5) is 39.1. The molecule has 0 aliphatic carbocycles. The first-order chi connectivity index (χ1) is 19.3. The van der Waals surface area contributed by atoms with Crippen molar-refractivity contribution in [3.8, 4) is 17.6 Å². The molecule has 0 atom stereocenters. The molecule has 204 valence electrons. The van der Waals surface area contributed by atoms with Crippen LogP contribution in [0.4, 0.5) is 10.5 Å². The fraction of sp³-hybridized carbons (Fsp3) is 0.200. The molecular formula is C30H27BrN4O5. The Bertz CT molecular complexity index is 1530. The Morgan fingerprint density at radius 1 is 1.07 bits per heavy atom. The van der Waals surface area contributed by atoms with Crippen LogP contribution in [0.25, 0.3) is 6.08 Å². The van der Waals surface area contributed by atoms with Gasteiger partial charge in [-0.25, -0.2) is 9.69 Å². The fourth-order valence-corrected chi connectivity index (χ4v) is 4.72. The average Bonchev–Trinajstić information content (AvgIpc) is 3.20. The SMILES string of the molecule is CCOc1cc(/C=C2/NC(=O)N(CC(=O)Nc3ccccc3CC)C2=O)cc(Br)c1OCc1ccccc1C#N. The molecule has 3 aromatic rings. The molecule has 3 aromatic carbocycles. The highest BCUT2D eigenvalue weighted by atomic mass is 79.9. The fourth-order valence-electron chi connectivity index (χ4n) is 4.15. The molecule has 1 aliphatic heterocycles. The summed E-state index contributed by atoms with van der Waals surface area (Å²) in [5.41, 5.74) is 3.42. The van der Waals surface area contributed by atoms with Crippen molar-refractivity contribution in [1.82, 2.24) is 10.2 Å². The second kappa shape index (κ2) is 13.0. The molecule has 2 N–H and O–H groups in total. The molecule has 9 nitrogen and oxygen atoms in total. The second-order valence-corrected chi connectivity index (χ2v) is 9.61. The minimum Gasteiger partial charge on any atom is -0.490 e. The Morgan fingerprint density at radius 3 is 2.52 bits per heavy atom. The van der Waals surface area contributed by atoms with Crippen molar-refractivity contribution < 1.29 is 23.9 Å². The van der Waals surface area contributed by atoms with Crippen molar-refractivity contribution in [1.29, 1.82) is 5.26 Å². The van der Waals surface area contributed by atoms with Crippen LogP contribution in [0, 0.1) is 11.3 Å². The van der Waals surface area contributed by atoms with E-state index < -0.39 is 24.4 Å². The standard InChI is InChI=1S/C30H27BrN4O5/c1-3-20-9-7-8-12-24(20)33-27(36)17-35-29(37)25(34-30(35)38)14-19-13-23(31)28(26(15-19)39-4-2)40-18-22-11-6-5-10-21(22)16-32/h5-15H,3-4,17-18H2,1-2H3,(H,33,36)(H,34,38)/b25-14+. The van der Waals surface area contributed by atoms with Crippen LogP contribution in [0.3, 0.4) is 0 Å². The molecule has 0 spiro atoms. The molecule has 1 heterocycles. The van der Waals surface area contributed by atoms with Crippen molar-refractivity contribution in [2.45, 2.75) is 26.9 Å². The van der Waals surface area contributed by atoms with E-state index in [1.165, 1.54) is 6.08 Å². The van der Waals surface area contributed by atoms with E-state index >= 15 is 0 Å². The third-order valence-corrected chi connectivity index (χ3v) is 6.68. The highest BCUT2D eigenvalue weighted by Crippen LogP contribution is 2.38. The topological polar surface area (TPSA) is 121 Å². The normalized spacial score (nSPS) is 13.7. The molecule has 0 unspecified atom stereocenters. The summed E-state index contributed by atoms with van der Waals surface area (Å²) in [7, 11) is 0. The van der Waals surface area contributed by atoms with Gasteiger partial charge in [-0.3, -0.25) is 9.59 Å². The van der Waals surface area contributed by atoms with Gasteiger partial charge < -0.3 is 20.1 Å². The highest BCUT2D eigenvalue weighted by molar-refractivity contribution is 9.10. The number of benzene rings is 3. The van der Waals surface area contributed by atoms with E-state index in [2.05, 4.69) is 32.6 Å². The van der Waals surface area contributed by atoms with E-state index in [1.54, 1.807) is 36.4 Å². The number of amides is 4. The zero-order chi connectivity index (χ0) is 28.6. The van der Waals surface area contributed by atoms with E-state index in [1.807, 2.05) is 38.1 Å². The first kappa shape index (κ1) is 28.4. The van der Waals surface area contributed by atoms with Gasteiger partial charge in [-0.1, -0.05) is 43.3 Å². The van der Waals surface area contributed by atoms with E-state index in [-0.39, 0.29) is 12.3 Å². The zero-order valence-corrected chi connectivity index (χ0v) is 23.6. The summed E-state index contributed by atoms with van der Waals surface area (Å²) in [6.07, 6.45) is 2.23. The average molecular weight is 603 g/mol. The number of rotatable bonds is 10. The number of para-hydroxylation sites is 1. The molecular weight excluding hydrogens is 576 g/mol. The number of anilines is 1. The van der Waals surface area contributed by atoms with Crippen molar-refractivity contribution in [2.75, 3.05) is 18.5 Å². The zero-order valence-electron chi connectivity index (χ0n) is 22.0. The Balaban J connectivity index is 1.50. The number of halogens is 1. The van der Waals surface area contributed by atoms with Gasteiger partial charge in [0.25, 0.3) is 5.91 Å². The van der Waals surface area contributed by atoms with Crippen molar-refractivity contribution >= 4 is 45.5 Å². The number of aryl methyl sites for hydroxylation is 1. The van der Waals surface area contributed by atoms with Crippen LogP contribution in [-0.2, 0) is 22.6 Å². The Hall–Kier alpha value is -4.62. The number of nitriles is 1. The molecule has 4 rings (SSSR count). The molecule has 0 aromatic heterocycles. The van der Waals surface area contributed by atoms with Gasteiger partial charge in [0.1, 0.15) is 18.8 Å². The van der Waals surface area contributed by atoms with Gasteiger partial charge in [0.2, 0.25) is 5.91 Å². The van der Waals surface area contributed by atoms with E-state index in [0.717, 1.165) is 22.4 Å². The summed E-state index contributed by atoms with van der Waals surface area (Å²) in [6, 6.07) is 19.4. The largest absolute Gasteiger partial charge is 0.490 e. The van der Waals surface area contributed by atoms with Gasteiger partial charge in [-0.15, -0.1) is 0 Å². The van der Waals surface area contributed by atoms with Gasteiger partial charge >= 0.3 is 6.03 Å². The highest BCUT2D eigenvalue weighted by Gasteiger charge is 2.35. The lowest BCUT2D eigenvalue weighted by Crippen LogP contribution is -2.38. The minimum absolute atomic E-state index is 0.0257. The number of hydrogen-bond donors (Lipinski definition) is 2. The Morgan fingerprint density at radius 2 is 1.80 bits per heavy atom. The van der Waals surface area contributed by atoms with Gasteiger partial charge in [-0.2, -0.15) is 5.26 Å². The Labute approximate surface area is 240 Å². The maximum Gasteiger partial charge on any atom is 0.329 e. The first-order valence-corrected chi connectivity index (χ1v) is 13.4. The maximum atomic E-state index is 13.0. The number of nitrogens with one attached hydrogen (secondary N) is 2. The summed E-state index contributed by atoms with van der Waals surface area (Å²) >= 11 is 3.51. The lowest BCUT2D eigenvalue weighted by atomic mass is 10.1. The summed E-state index contributed by atoms with van der Waals surface area (Å²) in [5.74, 6) is -0.247. The van der Waals surface area contributed by atoms with E-state index in [9.17, 15) is 19.6 Å². The van der Waals surface area contributed by atoms with Crippen LogP contribution >= 0.6 is 15.9 Å². The van der Waals surface area contributed by atoms with Crippen LogP contribution in [0.5, 0.6) is 11.5 Å². The number of imide groups is 1. The second-order valence-electron chi connectivity index (χ2n) is 8.76. The van der Waals surface area contributed by atoms with Gasteiger partial charge in [0, 0.05) is 11.3 Å². The quantitative estimate of drug-likeness (QED) is 0.237. The number of ether oxygens (including phenoxy) is 2. The van der Waals surface area contributed by atoms with Gasteiger partial charge in [-0.05, 0) is 70.7 Å². The van der Waals surface area contributed by atoms with Crippen molar-refractivity contribution in [3.05, 3.63) is 93.1 Å². The maximum absolute atomic E-state index is 13.0. The molecule has 0 saturated carbocycles. The van der Waals surface area contributed by atoms with E-state index in [4.69, 9.17) is 9.47 Å². The van der Waals surface area contributed by atoms with Gasteiger partial charge in [0.15, 0.2) is 11.5 Å². The number of carbonyl (C=O) groups excluding carboxylic acids is 3. The third-order valence-electron chi connectivity index (χ3n) is 6.09.